The number of aromatic nitrogens is 3. The molecule has 8 nitrogen and oxygen atoms in total. The Kier molecular flexibility index (Phi) is 7.22. The summed E-state index contributed by atoms with van der Waals surface area (Å²) in [5.41, 5.74) is 12.6. The van der Waals surface area contributed by atoms with Crippen LogP contribution >= 0.6 is 11.6 Å². The fraction of sp³-hybridized carbons (Fsp3) is 0.125. The maximum Gasteiger partial charge on any atom is 0.269 e. The van der Waals surface area contributed by atoms with E-state index in [1.807, 2.05) is 77.5 Å². The van der Waals surface area contributed by atoms with Gasteiger partial charge in [-0.05, 0) is 65.9 Å². The van der Waals surface area contributed by atoms with Gasteiger partial charge in [-0.25, -0.2) is 4.98 Å². The Bertz CT molecular complexity index is 1750. The fourth-order valence-electron chi connectivity index (χ4n) is 5.06. The topological polar surface area (TPSA) is 112 Å². The summed E-state index contributed by atoms with van der Waals surface area (Å²) in [6, 6.07) is 26.8. The molecule has 0 bridgehead atoms. The smallest absolute Gasteiger partial charge is 0.269 e. The number of halogens is 1. The molecule has 6 rings (SSSR count). The zero-order valence-corrected chi connectivity index (χ0v) is 22.8. The Morgan fingerprint density at radius 2 is 1.76 bits per heavy atom. The number of amides is 2. The van der Waals surface area contributed by atoms with Crippen molar-refractivity contribution in [1.29, 1.82) is 0 Å². The average molecular weight is 564 g/mol. The number of aryl methyl sites for hydroxylation is 1. The highest BCUT2D eigenvalue weighted by molar-refractivity contribution is 6.33. The molecule has 3 N–H and O–H groups in total. The first kappa shape index (κ1) is 26.3. The first-order chi connectivity index (χ1) is 20.0. The highest BCUT2D eigenvalue weighted by Gasteiger charge is 2.28. The molecule has 0 saturated carbocycles. The third kappa shape index (κ3) is 5.55. The molecule has 2 amide bonds. The summed E-state index contributed by atoms with van der Waals surface area (Å²) >= 11 is 6.12. The Morgan fingerprint density at radius 1 is 0.951 bits per heavy atom. The number of carbonyl (C=O) groups is 2. The summed E-state index contributed by atoms with van der Waals surface area (Å²) in [6.07, 6.45) is 2.90. The summed E-state index contributed by atoms with van der Waals surface area (Å²) in [5, 5.41) is 7.67. The average Bonchev–Trinajstić information content (AvgIpc) is 3.36. The quantitative estimate of drug-likeness (QED) is 0.236. The second-order valence-corrected chi connectivity index (χ2v) is 10.1. The highest BCUT2D eigenvalue weighted by atomic mass is 35.5. The van der Waals surface area contributed by atoms with Gasteiger partial charge in [0.1, 0.15) is 17.5 Å². The summed E-state index contributed by atoms with van der Waals surface area (Å²) in [7, 11) is 0. The molecular formula is C32H26ClN5O3. The summed E-state index contributed by atoms with van der Waals surface area (Å²) in [6.45, 7) is 0.910. The van der Waals surface area contributed by atoms with Gasteiger partial charge in [0, 0.05) is 23.0 Å². The van der Waals surface area contributed by atoms with Gasteiger partial charge in [-0.3, -0.25) is 14.3 Å². The molecule has 9 heteroatoms. The predicted molar refractivity (Wildman–Crippen MR) is 157 cm³/mol. The molecule has 1 aliphatic carbocycles. The van der Waals surface area contributed by atoms with E-state index in [0.29, 0.717) is 25.3 Å². The number of carbonyl (C=O) groups excluding carboxylic acids is 2. The number of hydrogen-bond donors (Lipinski definition) is 2. The molecule has 0 saturated heterocycles. The van der Waals surface area contributed by atoms with Gasteiger partial charge in [0.15, 0.2) is 5.69 Å². The lowest BCUT2D eigenvalue weighted by atomic mass is 9.88. The maximum atomic E-state index is 12.9. The van der Waals surface area contributed by atoms with Gasteiger partial charge < -0.3 is 15.8 Å². The molecule has 0 aliphatic heterocycles. The second kappa shape index (κ2) is 11.3. The van der Waals surface area contributed by atoms with E-state index in [4.69, 9.17) is 22.1 Å². The zero-order chi connectivity index (χ0) is 28.3. The molecule has 2 heterocycles. The largest absolute Gasteiger partial charge is 0.489 e. The zero-order valence-electron chi connectivity index (χ0n) is 22.0. The van der Waals surface area contributed by atoms with Crippen molar-refractivity contribution in [3.63, 3.8) is 0 Å². The lowest BCUT2D eigenvalue weighted by Gasteiger charge is -2.20. The van der Waals surface area contributed by atoms with Gasteiger partial charge in [-0.1, -0.05) is 60.1 Å². The number of nitrogens with one attached hydrogen (secondary N) is 1. The monoisotopic (exact) mass is 563 g/mol. The van der Waals surface area contributed by atoms with Crippen LogP contribution in [0, 0.1) is 0 Å². The number of anilines is 1. The number of ether oxygens (including phenoxy) is 1. The van der Waals surface area contributed by atoms with Gasteiger partial charge in [-0.15, -0.1) is 0 Å². The van der Waals surface area contributed by atoms with Crippen LogP contribution in [0.2, 0.25) is 5.15 Å². The number of pyridine rings is 1. The van der Waals surface area contributed by atoms with Crippen LogP contribution in [-0.4, -0.2) is 26.6 Å². The highest BCUT2D eigenvalue weighted by Crippen LogP contribution is 2.37. The number of hydrogen-bond acceptors (Lipinski definition) is 5. The predicted octanol–water partition coefficient (Wildman–Crippen LogP) is 5.68. The van der Waals surface area contributed by atoms with E-state index < -0.39 is 5.91 Å². The lowest BCUT2D eigenvalue weighted by Crippen LogP contribution is -2.16. The number of primary amides is 1. The minimum absolute atomic E-state index is 0.130. The molecule has 2 aromatic heterocycles. The van der Waals surface area contributed by atoms with Gasteiger partial charge in [-0.2, -0.15) is 5.10 Å². The number of rotatable bonds is 8. The van der Waals surface area contributed by atoms with Crippen LogP contribution in [0.1, 0.15) is 43.1 Å². The van der Waals surface area contributed by atoms with Gasteiger partial charge in [0.25, 0.3) is 11.8 Å². The maximum absolute atomic E-state index is 12.9. The van der Waals surface area contributed by atoms with E-state index in [1.165, 1.54) is 6.20 Å². The van der Waals surface area contributed by atoms with Crippen LogP contribution in [0.25, 0.3) is 11.3 Å². The molecular weight excluding hydrogens is 538 g/mol. The first-order valence-electron chi connectivity index (χ1n) is 13.2. The summed E-state index contributed by atoms with van der Waals surface area (Å²) in [4.78, 5) is 29.2. The van der Waals surface area contributed by atoms with Crippen LogP contribution in [-0.2, 0) is 26.0 Å². The minimum Gasteiger partial charge on any atom is -0.489 e. The van der Waals surface area contributed by atoms with Crippen molar-refractivity contribution in [2.45, 2.75) is 26.0 Å². The molecule has 0 atom stereocenters. The van der Waals surface area contributed by atoms with E-state index in [2.05, 4.69) is 15.4 Å². The van der Waals surface area contributed by atoms with E-state index in [1.54, 1.807) is 12.1 Å². The molecule has 0 fully saturated rings. The van der Waals surface area contributed by atoms with Crippen LogP contribution in [0.15, 0.2) is 91.1 Å². The third-order valence-electron chi connectivity index (χ3n) is 7.06. The van der Waals surface area contributed by atoms with Crippen molar-refractivity contribution in [2.24, 2.45) is 5.73 Å². The summed E-state index contributed by atoms with van der Waals surface area (Å²) < 4.78 is 7.74. The van der Waals surface area contributed by atoms with Crippen molar-refractivity contribution >= 4 is 29.1 Å². The number of benzene rings is 3. The molecule has 0 unspecified atom stereocenters. The van der Waals surface area contributed by atoms with Crippen molar-refractivity contribution in [1.82, 2.24) is 14.8 Å². The van der Waals surface area contributed by atoms with Crippen LogP contribution in [0.5, 0.6) is 5.75 Å². The van der Waals surface area contributed by atoms with Crippen molar-refractivity contribution in [3.05, 3.63) is 130 Å². The van der Waals surface area contributed by atoms with E-state index in [-0.39, 0.29) is 22.3 Å². The number of fused-ring (bicyclic) bond motifs is 3. The van der Waals surface area contributed by atoms with Gasteiger partial charge in [0.05, 0.1) is 17.8 Å². The Hall–Kier alpha value is -4.95. The van der Waals surface area contributed by atoms with E-state index in [9.17, 15) is 9.59 Å². The summed E-state index contributed by atoms with van der Waals surface area (Å²) in [5.74, 6) is -0.166. The third-order valence-corrected chi connectivity index (χ3v) is 7.36. The SMILES string of the molecule is NC(=O)c1nn(Cc2ccc(OCc3ccccc3)cc2)c2c1CCc1ccc(NC(=O)c3cccnc3Cl)cc1-2. The molecule has 0 spiro atoms. The van der Waals surface area contributed by atoms with Gasteiger partial charge in [0.2, 0.25) is 0 Å². The molecule has 204 valence electrons. The van der Waals surface area contributed by atoms with Crippen molar-refractivity contribution in [3.8, 4) is 17.0 Å². The van der Waals surface area contributed by atoms with Crippen molar-refractivity contribution in [2.75, 3.05) is 5.32 Å². The van der Waals surface area contributed by atoms with Crippen LogP contribution in [0.3, 0.4) is 0 Å². The molecule has 3 aromatic carbocycles. The molecule has 1 aliphatic rings. The standard InChI is InChI=1S/C32H26ClN5O3/c33-30-26(7-4-16-35-30)32(40)36-23-12-10-22-11-15-25-28(31(34)39)37-38(29(25)27(22)17-23)18-20-8-13-24(14-9-20)41-19-21-5-2-1-3-6-21/h1-10,12-14,16-17H,11,15,18-19H2,(H2,34,39)(H,36,40). The van der Waals surface area contributed by atoms with Crippen LogP contribution < -0.4 is 15.8 Å². The molecule has 5 aromatic rings. The Morgan fingerprint density at radius 3 is 2.51 bits per heavy atom. The number of nitrogens with zero attached hydrogens (tertiary/aromatic N) is 3. The van der Waals surface area contributed by atoms with E-state index in [0.717, 1.165) is 45.7 Å². The number of nitrogens with two attached hydrogens (primary N) is 1. The van der Waals surface area contributed by atoms with Crippen LogP contribution in [0.4, 0.5) is 5.69 Å². The minimum atomic E-state index is -0.566. The van der Waals surface area contributed by atoms with E-state index >= 15 is 0 Å². The fourth-order valence-corrected chi connectivity index (χ4v) is 5.27. The normalized spacial score (nSPS) is 11.8. The first-order valence-corrected chi connectivity index (χ1v) is 13.5. The lowest BCUT2D eigenvalue weighted by molar-refractivity contribution is 0.0991. The Labute approximate surface area is 241 Å². The second-order valence-electron chi connectivity index (χ2n) is 9.78. The Balaban J connectivity index is 1.28. The van der Waals surface area contributed by atoms with Gasteiger partial charge >= 0.3 is 0 Å². The molecule has 41 heavy (non-hydrogen) atoms. The molecule has 0 radical (unpaired) electrons. The van der Waals surface area contributed by atoms with Crippen molar-refractivity contribution < 1.29 is 14.3 Å².